The Kier molecular flexibility index (Phi) is 9.19. The molecule has 6 rings (SSSR count). The molecule has 0 N–H and O–H groups in total. The third-order valence-electron chi connectivity index (χ3n) is 5.05. The van der Waals surface area contributed by atoms with Gasteiger partial charge in [0.15, 0.2) is 0 Å². The molecule has 180 valence electrons. The van der Waals surface area contributed by atoms with Crippen LogP contribution in [0.1, 0.15) is 43.1 Å². The van der Waals surface area contributed by atoms with E-state index in [0.717, 1.165) is 12.1 Å². The van der Waals surface area contributed by atoms with Crippen LogP contribution in [0.3, 0.4) is 0 Å². The number of hydrogen-bond donors (Lipinski definition) is 0. The monoisotopic (exact) mass is 657 g/mol. The second-order valence-corrected chi connectivity index (χ2v) is 7.42. The van der Waals surface area contributed by atoms with Crippen molar-refractivity contribution in [3.05, 3.63) is 137 Å². The summed E-state index contributed by atoms with van der Waals surface area (Å²) < 4.78 is 0. The number of hydrogen-bond acceptors (Lipinski definition) is 5. The predicted octanol–water partition coefficient (Wildman–Crippen LogP) is 2.36. The Balaban J connectivity index is 0.000000149. The van der Waals surface area contributed by atoms with Crippen molar-refractivity contribution in [1.29, 1.82) is 0 Å². The van der Waals surface area contributed by atoms with Crippen molar-refractivity contribution in [3.63, 3.8) is 0 Å². The molecule has 4 aromatic rings. The molecule has 0 saturated carbocycles. The summed E-state index contributed by atoms with van der Waals surface area (Å²) in [6, 6.07) is 30.4. The fourth-order valence-electron chi connectivity index (χ4n) is 3.38. The standard InChI is InChI=1S/C12H10N.2C8H5NO2.Au/c1-2-6-11(7-3-1)10-12-8-4-5-9-13-12;2*10-7-5-3-1-2-4-6(5)8(11)9-7;/h1-6,8-9H,10H2;2*1-4H,(H,9,10,11);/q-1;;;+3/p-2. The molecule has 2 aliphatic rings. The van der Waals surface area contributed by atoms with E-state index in [-0.39, 0.29) is 22.4 Å². The molecule has 0 atom stereocenters. The first-order chi connectivity index (χ1) is 17.0. The van der Waals surface area contributed by atoms with Gasteiger partial charge in [-0.2, -0.15) is 35.9 Å². The molecule has 7 nitrogen and oxygen atoms in total. The van der Waals surface area contributed by atoms with E-state index < -0.39 is 23.6 Å². The van der Waals surface area contributed by atoms with E-state index >= 15 is 0 Å². The van der Waals surface area contributed by atoms with Crippen molar-refractivity contribution < 1.29 is 42.2 Å². The van der Waals surface area contributed by atoms with Gasteiger partial charge in [0.05, 0.1) is 0 Å². The second kappa shape index (κ2) is 12.5. The molecule has 0 spiro atoms. The summed E-state index contributed by atoms with van der Waals surface area (Å²) in [5.41, 5.74) is 3.93. The van der Waals surface area contributed by atoms with Crippen LogP contribution in [0.4, 0.5) is 0 Å². The van der Waals surface area contributed by atoms with E-state index in [1.165, 1.54) is 5.56 Å². The average molecular weight is 657 g/mol. The summed E-state index contributed by atoms with van der Waals surface area (Å²) in [5.74, 6) is -1.70. The Morgan fingerprint density at radius 1 is 0.639 bits per heavy atom. The summed E-state index contributed by atoms with van der Waals surface area (Å²) in [4.78, 5) is 32.6. The van der Waals surface area contributed by atoms with Crippen molar-refractivity contribution >= 4 is 23.6 Å². The predicted molar refractivity (Wildman–Crippen MR) is 127 cm³/mol. The molecule has 0 bridgehead atoms. The Bertz CT molecular complexity index is 1310. The number of pyridine rings is 1. The van der Waals surface area contributed by atoms with Crippen molar-refractivity contribution in [2.24, 2.45) is 9.98 Å². The SMILES string of the molecule is O=C1N=C([O-])c2ccccc21.O=C1N=C([O-])c2ccccc21.[Au+3].[c-]1ccccc1Cc1ccccn1. The molecular formula is C28H18AuN3O4. The smallest absolute Gasteiger partial charge is 0.858 e. The van der Waals surface area contributed by atoms with Gasteiger partial charge in [-0.25, -0.2) is 9.98 Å². The molecule has 0 aliphatic carbocycles. The maximum atomic E-state index is 10.9. The van der Waals surface area contributed by atoms with Crippen LogP contribution in [0, 0.1) is 6.07 Å². The first-order valence-corrected chi connectivity index (χ1v) is 10.7. The van der Waals surface area contributed by atoms with Gasteiger partial charge in [0.2, 0.25) is 0 Å². The van der Waals surface area contributed by atoms with E-state index in [1.54, 1.807) is 48.5 Å². The number of nitrogens with zero attached hydrogens (tertiary/aromatic N) is 3. The van der Waals surface area contributed by atoms with Crippen molar-refractivity contribution in [2.75, 3.05) is 0 Å². The van der Waals surface area contributed by atoms with E-state index in [2.05, 4.69) is 27.1 Å². The van der Waals surface area contributed by atoms with Crippen LogP contribution in [0.25, 0.3) is 0 Å². The van der Waals surface area contributed by atoms with Gasteiger partial charge in [-0.1, -0.05) is 42.5 Å². The normalized spacial score (nSPS) is 12.4. The van der Waals surface area contributed by atoms with Crippen LogP contribution < -0.4 is 10.2 Å². The summed E-state index contributed by atoms with van der Waals surface area (Å²) in [5, 5.41) is 21.8. The minimum Gasteiger partial charge on any atom is -0.858 e. The third-order valence-corrected chi connectivity index (χ3v) is 5.05. The van der Waals surface area contributed by atoms with Gasteiger partial charge in [0.1, 0.15) is 0 Å². The minimum absolute atomic E-state index is 0. The van der Waals surface area contributed by atoms with Gasteiger partial charge in [-0.05, 0) is 53.6 Å². The minimum atomic E-state index is -0.425. The van der Waals surface area contributed by atoms with Crippen LogP contribution in [0.5, 0.6) is 0 Å². The van der Waals surface area contributed by atoms with Crippen LogP contribution in [-0.2, 0) is 28.8 Å². The summed E-state index contributed by atoms with van der Waals surface area (Å²) >= 11 is 0. The molecule has 8 heteroatoms. The first kappa shape index (κ1) is 26.4. The first-order valence-electron chi connectivity index (χ1n) is 10.7. The summed E-state index contributed by atoms with van der Waals surface area (Å²) in [6.45, 7) is 0. The maximum absolute atomic E-state index is 10.9. The van der Waals surface area contributed by atoms with Gasteiger partial charge >= 0.3 is 22.4 Å². The molecule has 1 aromatic heterocycles. The molecule has 3 aromatic carbocycles. The molecule has 2 amide bonds. The summed E-state index contributed by atoms with van der Waals surface area (Å²) in [6.07, 6.45) is 2.68. The van der Waals surface area contributed by atoms with Crippen LogP contribution in [0.15, 0.2) is 107 Å². The number of aliphatic imine (C=N–C) groups is 2. The zero-order valence-corrected chi connectivity index (χ0v) is 20.9. The van der Waals surface area contributed by atoms with E-state index in [9.17, 15) is 19.8 Å². The van der Waals surface area contributed by atoms with Crippen LogP contribution in [0.2, 0.25) is 0 Å². The number of fused-ring (bicyclic) bond motifs is 2. The van der Waals surface area contributed by atoms with Gasteiger partial charge in [-0.3, -0.25) is 14.6 Å². The molecule has 0 saturated heterocycles. The van der Waals surface area contributed by atoms with E-state index in [4.69, 9.17) is 0 Å². The molecule has 0 fully saturated rings. The molecule has 2 aliphatic heterocycles. The fourth-order valence-corrected chi connectivity index (χ4v) is 3.38. The van der Waals surface area contributed by atoms with Crippen LogP contribution >= 0.6 is 0 Å². The quantitative estimate of drug-likeness (QED) is 0.243. The van der Waals surface area contributed by atoms with Crippen molar-refractivity contribution in [1.82, 2.24) is 4.98 Å². The largest absolute Gasteiger partial charge is 3.00 e. The third kappa shape index (κ3) is 6.49. The molecular weight excluding hydrogens is 639 g/mol. The second-order valence-electron chi connectivity index (χ2n) is 7.42. The maximum Gasteiger partial charge on any atom is 3.00 e. The van der Waals surface area contributed by atoms with E-state index in [0.29, 0.717) is 22.3 Å². The number of benzene rings is 3. The van der Waals surface area contributed by atoms with Gasteiger partial charge in [0, 0.05) is 23.0 Å². The van der Waals surface area contributed by atoms with Gasteiger partial charge < -0.3 is 10.2 Å². The molecule has 0 unspecified atom stereocenters. The number of rotatable bonds is 2. The number of carbonyl (C=O) groups excluding carboxylic acids is 2. The Hall–Kier alpha value is -4.17. The fraction of sp³-hybridized carbons (Fsp3) is 0.0357. The molecule has 3 heterocycles. The van der Waals surface area contributed by atoms with Crippen LogP contribution in [-0.4, -0.2) is 28.6 Å². The Morgan fingerprint density at radius 3 is 1.58 bits per heavy atom. The topological polar surface area (TPSA) is 118 Å². The number of carbonyl (C=O) groups is 2. The van der Waals surface area contributed by atoms with Crippen molar-refractivity contribution in [3.8, 4) is 0 Å². The molecule has 0 radical (unpaired) electrons. The van der Waals surface area contributed by atoms with Crippen molar-refractivity contribution in [2.45, 2.75) is 6.42 Å². The average Bonchev–Trinajstić information content (AvgIpc) is 3.35. The number of aromatic nitrogens is 1. The molecule has 36 heavy (non-hydrogen) atoms. The van der Waals surface area contributed by atoms with Gasteiger partial charge in [0.25, 0.3) is 11.8 Å². The Morgan fingerprint density at radius 2 is 1.14 bits per heavy atom. The van der Waals surface area contributed by atoms with E-state index in [1.807, 2.05) is 42.6 Å². The Labute approximate surface area is 223 Å². The summed E-state index contributed by atoms with van der Waals surface area (Å²) in [7, 11) is 0. The van der Waals surface area contributed by atoms with Gasteiger partial charge in [-0.15, -0.1) is 0 Å². The number of amides is 2. The zero-order valence-electron chi connectivity index (χ0n) is 18.7. The zero-order chi connectivity index (χ0) is 24.6.